The normalized spacial score (nSPS) is 17.3. The summed E-state index contributed by atoms with van der Waals surface area (Å²) in [7, 11) is -1.16. The predicted molar refractivity (Wildman–Crippen MR) is 75.2 cm³/mol. The van der Waals surface area contributed by atoms with Gasteiger partial charge in [0.2, 0.25) is 0 Å². The SMILES string of the molecule is CCCCOCC1CB(O)Oc2c1ccc(F)c2C(=O)O. The van der Waals surface area contributed by atoms with Crippen molar-refractivity contribution < 1.29 is 28.7 Å². The fourth-order valence-corrected chi connectivity index (χ4v) is 2.41. The van der Waals surface area contributed by atoms with E-state index in [9.17, 15) is 14.2 Å². The van der Waals surface area contributed by atoms with Gasteiger partial charge in [-0.2, -0.15) is 0 Å². The van der Waals surface area contributed by atoms with Crippen molar-refractivity contribution in [2.75, 3.05) is 13.2 Å². The molecule has 0 aliphatic carbocycles. The number of benzene rings is 1. The summed E-state index contributed by atoms with van der Waals surface area (Å²) in [6, 6.07) is 2.61. The van der Waals surface area contributed by atoms with Crippen LogP contribution in [-0.4, -0.2) is 36.4 Å². The average molecular weight is 296 g/mol. The maximum Gasteiger partial charge on any atom is 0.523 e. The first kappa shape index (κ1) is 15.8. The fourth-order valence-electron chi connectivity index (χ4n) is 2.41. The van der Waals surface area contributed by atoms with Crippen molar-refractivity contribution in [1.29, 1.82) is 0 Å². The van der Waals surface area contributed by atoms with Crippen molar-refractivity contribution in [3.63, 3.8) is 0 Å². The molecule has 2 rings (SSSR count). The molecular formula is C14H18BFO5. The van der Waals surface area contributed by atoms with E-state index in [0.29, 0.717) is 25.1 Å². The zero-order chi connectivity index (χ0) is 15.4. The van der Waals surface area contributed by atoms with Gasteiger partial charge in [0.25, 0.3) is 0 Å². The van der Waals surface area contributed by atoms with Gasteiger partial charge in [-0.05, 0) is 18.1 Å². The second-order valence-electron chi connectivity index (χ2n) is 5.08. The standard InChI is InChI=1S/C14H18BFO5/c1-2-3-6-20-8-9-7-15(19)21-13-10(9)4-5-11(16)12(13)14(17)18/h4-5,9,19H,2-3,6-8H2,1H3,(H,17,18). The number of rotatable bonds is 6. The van der Waals surface area contributed by atoms with E-state index < -0.39 is 24.5 Å². The lowest BCUT2D eigenvalue weighted by Gasteiger charge is -2.28. The Morgan fingerprint density at radius 3 is 3.00 bits per heavy atom. The van der Waals surface area contributed by atoms with Crippen LogP contribution in [0.5, 0.6) is 5.75 Å². The van der Waals surface area contributed by atoms with Gasteiger partial charge in [0.05, 0.1) is 6.61 Å². The monoisotopic (exact) mass is 296 g/mol. The summed E-state index contributed by atoms with van der Waals surface area (Å²) < 4.78 is 24.3. The molecule has 21 heavy (non-hydrogen) atoms. The molecule has 1 heterocycles. The third-order valence-electron chi connectivity index (χ3n) is 3.49. The van der Waals surface area contributed by atoms with Crippen LogP contribution in [0.2, 0.25) is 6.32 Å². The molecule has 1 aromatic rings. The van der Waals surface area contributed by atoms with Gasteiger partial charge in [-0.25, -0.2) is 9.18 Å². The molecule has 0 saturated carbocycles. The molecule has 5 nitrogen and oxygen atoms in total. The zero-order valence-electron chi connectivity index (χ0n) is 11.8. The zero-order valence-corrected chi connectivity index (χ0v) is 11.8. The van der Waals surface area contributed by atoms with E-state index in [1.807, 2.05) is 0 Å². The van der Waals surface area contributed by atoms with Gasteiger partial charge in [-0.15, -0.1) is 0 Å². The Labute approximate surface area is 122 Å². The van der Waals surface area contributed by atoms with E-state index in [1.165, 1.54) is 6.07 Å². The molecule has 1 unspecified atom stereocenters. The summed E-state index contributed by atoms with van der Waals surface area (Å²) >= 11 is 0. The van der Waals surface area contributed by atoms with Gasteiger partial charge in [0, 0.05) is 18.8 Å². The number of fused-ring (bicyclic) bond motifs is 1. The Balaban J connectivity index is 2.25. The summed E-state index contributed by atoms with van der Waals surface area (Å²) in [5.74, 6) is -2.59. The van der Waals surface area contributed by atoms with Gasteiger partial charge < -0.3 is 19.5 Å². The van der Waals surface area contributed by atoms with Crippen molar-refractivity contribution in [2.45, 2.75) is 32.0 Å². The Hall–Kier alpha value is -1.60. The van der Waals surface area contributed by atoms with E-state index in [2.05, 4.69) is 6.92 Å². The summed E-state index contributed by atoms with van der Waals surface area (Å²) in [6.07, 6.45) is 2.24. The number of carboxylic acids is 1. The number of halogens is 1. The van der Waals surface area contributed by atoms with E-state index >= 15 is 0 Å². The molecule has 1 atom stereocenters. The number of hydrogen-bond acceptors (Lipinski definition) is 4. The highest BCUT2D eigenvalue weighted by Gasteiger charge is 2.35. The predicted octanol–water partition coefficient (Wildman–Crippen LogP) is 2.30. The quantitative estimate of drug-likeness (QED) is 0.622. The van der Waals surface area contributed by atoms with Crippen LogP contribution in [0.3, 0.4) is 0 Å². The van der Waals surface area contributed by atoms with Crippen LogP contribution in [0, 0.1) is 5.82 Å². The van der Waals surface area contributed by atoms with Crippen molar-refractivity contribution in [2.24, 2.45) is 0 Å². The van der Waals surface area contributed by atoms with Crippen molar-refractivity contribution in [3.05, 3.63) is 29.1 Å². The molecular weight excluding hydrogens is 278 g/mol. The molecule has 114 valence electrons. The molecule has 1 aliphatic heterocycles. The largest absolute Gasteiger partial charge is 0.535 e. The molecule has 0 amide bonds. The van der Waals surface area contributed by atoms with Gasteiger partial charge in [0.15, 0.2) is 0 Å². The van der Waals surface area contributed by atoms with Crippen LogP contribution in [0.15, 0.2) is 12.1 Å². The van der Waals surface area contributed by atoms with Crippen molar-refractivity contribution >= 4 is 13.1 Å². The summed E-state index contributed by atoms with van der Waals surface area (Å²) in [4.78, 5) is 11.2. The van der Waals surface area contributed by atoms with Crippen LogP contribution in [0.25, 0.3) is 0 Å². The van der Waals surface area contributed by atoms with Crippen LogP contribution in [-0.2, 0) is 4.74 Å². The van der Waals surface area contributed by atoms with Gasteiger partial charge in [0.1, 0.15) is 17.1 Å². The van der Waals surface area contributed by atoms with E-state index in [1.54, 1.807) is 0 Å². The fraction of sp³-hybridized carbons (Fsp3) is 0.500. The summed E-state index contributed by atoms with van der Waals surface area (Å²) in [5.41, 5.74) is 0.0282. The van der Waals surface area contributed by atoms with E-state index in [4.69, 9.17) is 14.5 Å². The summed E-state index contributed by atoms with van der Waals surface area (Å²) in [5, 5.41) is 18.8. The highest BCUT2D eigenvalue weighted by atomic mass is 19.1. The lowest BCUT2D eigenvalue weighted by molar-refractivity contribution is 0.0688. The maximum atomic E-state index is 13.7. The number of carbonyl (C=O) groups is 1. The maximum absolute atomic E-state index is 13.7. The molecule has 0 bridgehead atoms. The molecule has 2 N–H and O–H groups in total. The Morgan fingerprint density at radius 2 is 2.33 bits per heavy atom. The highest BCUT2D eigenvalue weighted by molar-refractivity contribution is 6.44. The number of aromatic carboxylic acids is 1. The molecule has 0 radical (unpaired) electrons. The van der Waals surface area contributed by atoms with Crippen molar-refractivity contribution in [1.82, 2.24) is 0 Å². The van der Waals surface area contributed by atoms with Crippen LogP contribution in [0.4, 0.5) is 4.39 Å². The Morgan fingerprint density at radius 1 is 1.57 bits per heavy atom. The van der Waals surface area contributed by atoms with E-state index in [-0.39, 0.29) is 11.7 Å². The number of carboxylic acid groups (broad SMARTS) is 1. The third-order valence-corrected chi connectivity index (χ3v) is 3.49. The van der Waals surface area contributed by atoms with Crippen molar-refractivity contribution in [3.8, 4) is 5.75 Å². The van der Waals surface area contributed by atoms with Gasteiger partial charge in [-0.3, -0.25) is 0 Å². The first-order valence-electron chi connectivity index (χ1n) is 7.02. The molecule has 1 aromatic carbocycles. The topological polar surface area (TPSA) is 76.0 Å². The molecule has 0 saturated heterocycles. The van der Waals surface area contributed by atoms with Crippen LogP contribution in [0.1, 0.15) is 41.6 Å². The lowest BCUT2D eigenvalue weighted by Crippen LogP contribution is -2.32. The van der Waals surface area contributed by atoms with Gasteiger partial charge in [-0.1, -0.05) is 19.4 Å². The second-order valence-corrected chi connectivity index (χ2v) is 5.08. The van der Waals surface area contributed by atoms with Gasteiger partial charge >= 0.3 is 13.1 Å². The van der Waals surface area contributed by atoms with Crippen LogP contribution < -0.4 is 4.65 Å². The lowest BCUT2D eigenvalue weighted by atomic mass is 9.72. The summed E-state index contributed by atoms with van der Waals surface area (Å²) in [6.45, 7) is 3.00. The third kappa shape index (κ3) is 3.54. The number of hydrogen-bond donors (Lipinski definition) is 2. The number of ether oxygens (including phenoxy) is 1. The molecule has 0 fully saturated rings. The average Bonchev–Trinajstić information content (AvgIpc) is 2.42. The Bertz CT molecular complexity index is 522. The minimum absolute atomic E-state index is 0.0923. The molecule has 0 spiro atoms. The minimum atomic E-state index is -1.41. The van der Waals surface area contributed by atoms with E-state index in [0.717, 1.165) is 18.9 Å². The molecule has 1 aliphatic rings. The molecule has 0 aromatic heterocycles. The highest BCUT2D eigenvalue weighted by Crippen LogP contribution is 2.39. The smallest absolute Gasteiger partial charge is 0.523 e. The first-order valence-corrected chi connectivity index (χ1v) is 7.02. The van der Waals surface area contributed by atoms with Crippen LogP contribution >= 0.6 is 0 Å². The number of unbranched alkanes of at least 4 members (excludes halogenated alkanes) is 1. The first-order chi connectivity index (χ1) is 10.0. The minimum Gasteiger partial charge on any atom is -0.535 e. The second kappa shape index (κ2) is 6.91. The molecule has 7 heteroatoms. The Kier molecular flexibility index (Phi) is 5.19.